The van der Waals surface area contributed by atoms with Crippen LogP contribution in [0.15, 0.2) is 60.7 Å². The Morgan fingerprint density at radius 3 is 2.35 bits per heavy atom. The molecule has 0 spiro atoms. The number of aromatic nitrogens is 1. The Kier molecular flexibility index (Phi) is 2.33. The van der Waals surface area contributed by atoms with E-state index in [9.17, 15) is 4.39 Å². The predicted molar refractivity (Wildman–Crippen MR) is 67.1 cm³/mol. The van der Waals surface area contributed by atoms with Gasteiger partial charge in [-0.05, 0) is 12.1 Å². The van der Waals surface area contributed by atoms with Crippen LogP contribution < -0.4 is 0 Å². The van der Waals surface area contributed by atoms with Gasteiger partial charge in [-0.2, -0.15) is 0 Å². The van der Waals surface area contributed by atoms with E-state index in [4.69, 9.17) is 0 Å². The molecule has 3 aromatic rings. The predicted octanol–water partition coefficient (Wildman–Crippen LogP) is 4.04. The van der Waals surface area contributed by atoms with Crippen molar-refractivity contribution in [2.45, 2.75) is 0 Å². The van der Waals surface area contributed by atoms with E-state index in [1.807, 2.05) is 54.6 Å². The Hall–Kier alpha value is -2.22. The molecular weight excluding hydrogens is 213 g/mol. The number of fused-ring (bicyclic) bond motifs is 1. The van der Waals surface area contributed by atoms with Crippen molar-refractivity contribution in [3.8, 4) is 11.3 Å². The topological polar surface area (TPSA) is 12.9 Å². The van der Waals surface area contributed by atoms with E-state index < -0.39 is 0 Å². The third-order valence-corrected chi connectivity index (χ3v) is 2.72. The number of rotatable bonds is 1. The highest BCUT2D eigenvalue weighted by Gasteiger charge is 2.07. The van der Waals surface area contributed by atoms with E-state index >= 15 is 0 Å². The van der Waals surface area contributed by atoms with Crippen molar-refractivity contribution in [3.05, 3.63) is 66.5 Å². The minimum atomic E-state index is -0.282. The molecule has 0 atom stereocenters. The first-order chi connectivity index (χ1) is 8.34. The molecule has 1 heterocycles. The van der Waals surface area contributed by atoms with Gasteiger partial charge in [0.05, 0.1) is 5.52 Å². The van der Waals surface area contributed by atoms with E-state index in [1.165, 1.54) is 6.07 Å². The van der Waals surface area contributed by atoms with Crippen molar-refractivity contribution in [1.29, 1.82) is 0 Å². The van der Waals surface area contributed by atoms with Gasteiger partial charge < -0.3 is 0 Å². The van der Waals surface area contributed by atoms with E-state index in [2.05, 4.69) is 4.98 Å². The van der Waals surface area contributed by atoms with E-state index in [0.29, 0.717) is 5.69 Å². The molecule has 0 fully saturated rings. The van der Waals surface area contributed by atoms with Crippen LogP contribution in [0.2, 0.25) is 0 Å². The maximum absolute atomic E-state index is 13.9. The van der Waals surface area contributed by atoms with Crippen molar-refractivity contribution in [3.63, 3.8) is 0 Å². The first-order valence-electron chi connectivity index (χ1n) is 5.45. The zero-order valence-electron chi connectivity index (χ0n) is 9.10. The van der Waals surface area contributed by atoms with Gasteiger partial charge >= 0.3 is 0 Å². The minimum Gasteiger partial charge on any atom is -0.245 e. The standard InChI is InChI=1S/C15H10FN/c16-13-10-12-8-4-5-9-14(12)17-15(13)11-6-2-1-3-7-11/h1-10H. The molecule has 0 N–H and O–H groups in total. The molecule has 0 saturated heterocycles. The highest BCUT2D eigenvalue weighted by Crippen LogP contribution is 2.23. The number of hydrogen-bond donors (Lipinski definition) is 0. The first kappa shape index (κ1) is 9.97. The Labute approximate surface area is 98.6 Å². The third kappa shape index (κ3) is 1.78. The molecule has 2 aromatic carbocycles. The van der Waals surface area contributed by atoms with Gasteiger partial charge in [0.15, 0.2) is 0 Å². The number of para-hydroxylation sites is 1. The number of halogens is 1. The van der Waals surface area contributed by atoms with E-state index in [1.54, 1.807) is 0 Å². The summed E-state index contributed by atoms with van der Waals surface area (Å²) in [6, 6.07) is 18.5. The second kappa shape index (κ2) is 3.98. The molecule has 0 aliphatic rings. The average molecular weight is 223 g/mol. The molecule has 17 heavy (non-hydrogen) atoms. The van der Waals surface area contributed by atoms with Gasteiger partial charge in [0, 0.05) is 10.9 Å². The number of benzene rings is 2. The number of nitrogens with zero attached hydrogens (tertiary/aromatic N) is 1. The lowest BCUT2D eigenvalue weighted by atomic mass is 10.1. The Morgan fingerprint density at radius 2 is 1.53 bits per heavy atom. The highest BCUT2D eigenvalue weighted by atomic mass is 19.1. The second-order valence-electron chi connectivity index (χ2n) is 3.88. The van der Waals surface area contributed by atoms with Gasteiger partial charge in [-0.1, -0.05) is 48.5 Å². The summed E-state index contributed by atoms with van der Waals surface area (Å²) in [4.78, 5) is 4.37. The zero-order valence-corrected chi connectivity index (χ0v) is 9.10. The van der Waals surface area contributed by atoms with Gasteiger partial charge in [0.2, 0.25) is 0 Å². The van der Waals surface area contributed by atoms with Gasteiger partial charge in [0.25, 0.3) is 0 Å². The van der Waals surface area contributed by atoms with Gasteiger partial charge in [-0.3, -0.25) is 0 Å². The molecule has 0 aliphatic heterocycles. The van der Waals surface area contributed by atoms with Crippen molar-refractivity contribution in [2.24, 2.45) is 0 Å². The molecule has 0 amide bonds. The Bertz CT molecular complexity index is 662. The van der Waals surface area contributed by atoms with Crippen LogP contribution in [0.3, 0.4) is 0 Å². The summed E-state index contributed by atoms with van der Waals surface area (Å²) in [6.07, 6.45) is 0. The lowest BCUT2D eigenvalue weighted by molar-refractivity contribution is 0.628. The average Bonchev–Trinajstić information content (AvgIpc) is 2.39. The lowest BCUT2D eigenvalue weighted by Gasteiger charge is -2.04. The first-order valence-corrected chi connectivity index (χ1v) is 5.45. The lowest BCUT2D eigenvalue weighted by Crippen LogP contribution is -1.90. The van der Waals surface area contributed by atoms with Gasteiger partial charge in [-0.25, -0.2) is 9.37 Å². The summed E-state index contributed by atoms with van der Waals surface area (Å²) in [5, 5.41) is 0.824. The smallest absolute Gasteiger partial charge is 0.150 e. The fourth-order valence-electron chi connectivity index (χ4n) is 1.89. The molecule has 0 saturated carbocycles. The summed E-state index contributed by atoms with van der Waals surface area (Å²) < 4.78 is 13.9. The molecule has 0 aliphatic carbocycles. The van der Waals surface area contributed by atoms with Crippen LogP contribution >= 0.6 is 0 Å². The number of pyridine rings is 1. The molecule has 0 radical (unpaired) electrons. The maximum Gasteiger partial charge on any atom is 0.150 e. The SMILES string of the molecule is Fc1cc2ccccc2nc1-c1ccccc1. The monoisotopic (exact) mass is 223 g/mol. The van der Waals surface area contributed by atoms with Crippen LogP contribution in [0.4, 0.5) is 4.39 Å². The van der Waals surface area contributed by atoms with Gasteiger partial charge in [-0.15, -0.1) is 0 Å². The van der Waals surface area contributed by atoms with Crippen molar-refractivity contribution < 1.29 is 4.39 Å². The van der Waals surface area contributed by atoms with E-state index in [-0.39, 0.29) is 5.82 Å². The molecule has 3 rings (SSSR count). The summed E-state index contributed by atoms with van der Waals surface area (Å²) in [5.41, 5.74) is 2.02. The highest BCUT2D eigenvalue weighted by molar-refractivity contribution is 5.81. The number of hydrogen-bond acceptors (Lipinski definition) is 1. The fraction of sp³-hybridized carbons (Fsp3) is 0. The van der Waals surface area contributed by atoms with Crippen LogP contribution in [-0.4, -0.2) is 4.98 Å². The van der Waals surface area contributed by atoms with E-state index in [0.717, 1.165) is 16.5 Å². The Morgan fingerprint density at radius 1 is 0.824 bits per heavy atom. The van der Waals surface area contributed by atoms with Crippen molar-refractivity contribution >= 4 is 10.9 Å². The quantitative estimate of drug-likeness (QED) is 0.606. The maximum atomic E-state index is 13.9. The third-order valence-electron chi connectivity index (χ3n) is 2.72. The van der Waals surface area contributed by atoms with Crippen molar-refractivity contribution in [2.75, 3.05) is 0 Å². The largest absolute Gasteiger partial charge is 0.245 e. The molecule has 0 unspecified atom stereocenters. The van der Waals surface area contributed by atoms with Crippen LogP contribution in [0.5, 0.6) is 0 Å². The van der Waals surface area contributed by atoms with Gasteiger partial charge in [0.1, 0.15) is 11.5 Å². The summed E-state index contributed by atoms with van der Waals surface area (Å²) in [7, 11) is 0. The normalized spacial score (nSPS) is 10.6. The molecule has 2 heteroatoms. The molecular formula is C15H10FN. The fourth-order valence-corrected chi connectivity index (χ4v) is 1.89. The minimum absolute atomic E-state index is 0.282. The summed E-state index contributed by atoms with van der Waals surface area (Å²) in [5.74, 6) is -0.282. The summed E-state index contributed by atoms with van der Waals surface area (Å²) >= 11 is 0. The summed E-state index contributed by atoms with van der Waals surface area (Å²) in [6.45, 7) is 0. The molecule has 0 bridgehead atoms. The van der Waals surface area contributed by atoms with Crippen LogP contribution in [-0.2, 0) is 0 Å². The zero-order chi connectivity index (χ0) is 11.7. The molecule has 1 aromatic heterocycles. The second-order valence-corrected chi connectivity index (χ2v) is 3.88. The van der Waals surface area contributed by atoms with Crippen LogP contribution in [0.25, 0.3) is 22.2 Å². The molecule has 82 valence electrons. The Balaban J connectivity index is 2.27. The van der Waals surface area contributed by atoms with Crippen LogP contribution in [0.1, 0.15) is 0 Å². The molecule has 1 nitrogen and oxygen atoms in total. The van der Waals surface area contributed by atoms with Crippen molar-refractivity contribution in [1.82, 2.24) is 4.98 Å². The van der Waals surface area contributed by atoms with Crippen LogP contribution in [0, 0.1) is 5.82 Å².